The Balaban J connectivity index is 0.00000155. The molecule has 0 saturated heterocycles. The van der Waals surface area contributed by atoms with Gasteiger partial charge in [0.1, 0.15) is 29.9 Å². The van der Waals surface area contributed by atoms with Gasteiger partial charge >= 0.3 is 0 Å². The Morgan fingerprint density at radius 1 is 1.30 bits per heavy atom. The summed E-state index contributed by atoms with van der Waals surface area (Å²) in [6.45, 7) is 8.60. The Labute approximate surface area is 176 Å². The fraction of sp³-hybridized carbons (Fsp3) is 0.429. The average molecular weight is 412 g/mol. The molecule has 9 nitrogen and oxygen atoms in total. The number of aromatic nitrogens is 4. The highest BCUT2D eigenvalue weighted by Crippen LogP contribution is 2.25. The molecule has 3 heterocycles. The molecule has 3 aromatic heterocycles. The maximum absolute atomic E-state index is 9.53. The fourth-order valence-corrected chi connectivity index (χ4v) is 3.01. The van der Waals surface area contributed by atoms with Gasteiger partial charge in [-0.1, -0.05) is 26.8 Å². The van der Waals surface area contributed by atoms with Crippen LogP contribution in [0, 0.1) is 18.3 Å². The van der Waals surface area contributed by atoms with E-state index in [1.54, 1.807) is 6.07 Å². The first-order valence-corrected chi connectivity index (χ1v) is 10.1. The first-order chi connectivity index (χ1) is 14.6. The second kappa shape index (κ2) is 11.0. The highest BCUT2D eigenvalue weighted by Gasteiger charge is 2.18. The molecule has 30 heavy (non-hydrogen) atoms. The van der Waals surface area contributed by atoms with Gasteiger partial charge in [0.05, 0.1) is 12.3 Å². The van der Waals surface area contributed by atoms with Crippen LogP contribution < -0.4 is 15.8 Å². The van der Waals surface area contributed by atoms with E-state index in [9.17, 15) is 5.26 Å². The minimum absolute atomic E-state index is 0.0617. The molecule has 4 N–H and O–H groups in total. The van der Waals surface area contributed by atoms with E-state index < -0.39 is 0 Å². The Morgan fingerprint density at radius 3 is 2.73 bits per heavy atom. The first kappa shape index (κ1) is 22.9. The van der Waals surface area contributed by atoms with Crippen molar-refractivity contribution in [2.45, 2.75) is 40.5 Å². The monoisotopic (exact) mass is 411 g/mol. The molecule has 0 aliphatic heterocycles. The zero-order valence-electron chi connectivity index (χ0n) is 17.9. The normalized spacial score (nSPS) is 10.3. The maximum Gasteiger partial charge on any atom is 0.213 e. The molecule has 0 radical (unpaired) electrons. The summed E-state index contributed by atoms with van der Waals surface area (Å²) in [6, 6.07) is 7.59. The summed E-state index contributed by atoms with van der Waals surface area (Å²) in [5.74, 6) is 1.18. The lowest BCUT2D eigenvalue weighted by molar-refractivity contribution is 0.196. The minimum Gasteiger partial charge on any atom is -0.475 e. The summed E-state index contributed by atoms with van der Waals surface area (Å²) < 4.78 is 6.85. The number of aliphatic hydroxyl groups excluding tert-OH is 1. The topological polar surface area (TPSA) is 134 Å². The summed E-state index contributed by atoms with van der Waals surface area (Å²) in [6.07, 6.45) is 1.38. The maximum atomic E-state index is 9.53. The van der Waals surface area contributed by atoms with Gasteiger partial charge in [-0.2, -0.15) is 14.9 Å². The quantitative estimate of drug-likeness (QED) is 0.515. The van der Waals surface area contributed by atoms with Crippen molar-refractivity contribution in [1.82, 2.24) is 19.6 Å². The van der Waals surface area contributed by atoms with Gasteiger partial charge in [-0.15, -0.1) is 0 Å². The van der Waals surface area contributed by atoms with Crippen molar-refractivity contribution in [2.75, 3.05) is 30.8 Å². The summed E-state index contributed by atoms with van der Waals surface area (Å²) >= 11 is 0. The SMILES string of the molecule is CC.CCc1c(C)nn2c(N)c(C#N)c(NCCc3cccc(OCCO)n3)nc12. The van der Waals surface area contributed by atoms with Crippen molar-refractivity contribution < 1.29 is 9.84 Å². The Morgan fingerprint density at radius 2 is 2.07 bits per heavy atom. The van der Waals surface area contributed by atoms with Gasteiger partial charge in [-0.25, -0.2) is 9.97 Å². The molecule has 0 aliphatic carbocycles. The van der Waals surface area contributed by atoms with E-state index in [1.165, 1.54) is 4.52 Å². The van der Waals surface area contributed by atoms with Crippen molar-refractivity contribution in [3.63, 3.8) is 0 Å². The van der Waals surface area contributed by atoms with E-state index in [1.807, 2.05) is 39.8 Å². The summed E-state index contributed by atoms with van der Waals surface area (Å²) in [7, 11) is 0. The lowest BCUT2D eigenvalue weighted by Gasteiger charge is -2.11. The summed E-state index contributed by atoms with van der Waals surface area (Å²) in [4.78, 5) is 8.99. The number of nitrogens with one attached hydrogen (secondary N) is 1. The van der Waals surface area contributed by atoms with Gasteiger partial charge in [0.25, 0.3) is 0 Å². The lowest BCUT2D eigenvalue weighted by Crippen LogP contribution is -2.13. The molecule has 0 fully saturated rings. The van der Waals surface area contributed by atoms with E-state index in [4.69, 9.17) is 15.6 Å². The van der Waals surface area contributed by atoms with Gasteiger partial charge in [0.15, 0.2) is 5.65 Å². The van der Waals surface area contributed by atoms with Gasteiger partial charge in [0.2, 0.25) is 5.88 Å². The summed E-state index contributed by atoms with van der Waals surface area (Å²) in [5, 5.41) is 26.0. The number of ether oxygens (including phenoxy) is 1. The molecular weight excluding hydrogens is 382 g/mol. The lowest BCUT2D eigenvalue weighted by atomic mass is 10.2. The van der Waals surface area contributed by atoms with Crippen LogP contribution in [0.3, 0.4) is 0 Å². The molecule has 3 rings (SSSR count). The second-order valence-corrected chi connectivity index (χ2v) is 6.20. The van der Waals surface area contributed by atoms with Crippen molar-refractivity contribution >= 4 is 17.3 Å². The molecule has 0 amide bonds. The number of aliphatic hydroxyl groups is 1. The molecule has 0 aliphatic rings. The highest BCUT2D eigenvalue weighted by atomic mass is 16.5. The van der Waals surface area contributed by atoms with Crippen LogP contribution in [-0.4, -0.2) is 44.4 Å². The molecule has 0 aromatic carbocycles. The molecule has 0 atom stereocenters. The van der Waals surface area contributed by atoms with Crippen molar-refractivity contribution in [1.29, 1.82) is 5.26 Å². The number of hydrogen-bond donors (Lipinski definition) is 3. The number of nitrogens with two attached hydrogens (primary N) is 1. The molecule has 0 unspecified atom stereocenters. The van der Waals surface area contributed by atoms with Crippen molar-refractivity contribution in [2.24, 2.45) is 0 Å². The number of nitriles is 1. The van der Waals surface area contributed by atoms with E-state index >= 15 is 0 Å². The second-order valence-electron chi connectivity index (χ2n) is 6.20. The standard InChI is InChI=1S/C19H23N7O2.C2H6/c1-3-14-12(2)25-26-17(21)15(11-20)18(24-19(14)26)22-8-7-13-5-4-6-16(23-13)28-10-9-27;1-2/h4-6,27H,3,7-10,21H2,1-2H3,(H,22,24);1-2H3. The number of nitrogens with zero attached hydrogens (tertiary/aromatic N) is 5. The molecule has 160 valence electrons. The molecule has 0 bridgehead atoms. The highest BCUT2D eigenvalue weighted by molar-refractivity contribution is 5.69. The Bertz CT molecular complexity index is 1020. The van der Waals surface area contributed by atoms with E-state index in [-0.39, 0.29) is 24.6 Å². The third-order valence-electron chi connectivity index (χ3n) is 4.36. The van der Waals surface area contributed by atoms with Crippen LogP contribution in [0.4, 0.5) is 11.6 Å². The van der Waals surface area contributed by atoms with Crippen molar-refractivity contribution in [3.05, 3.63) is 40.7 Å². The average Bonchev–Trinajstić information content (AvgIpc) is 3.09. The van der Waals surface area contributed by atoms with Crippen LogP contribution in [0.2, 0.25) is 0 Å². The molecule has 0 spiro atoms. The third kappa shape index (κ3) is 4.96. The van der Waals surface area contributed by atoms with Crippen LogP contribution >= 0.6 is 0 Å². The number of rotatable bonds is 8. The third-order valence-corrected chi connectivity index (χ3v) is 4.36. The predicted molar refractivity (Wildman–Crippen MR) is 117 cm³/mol. The summed E-state index contributed by atoms with van der Waals surface area (Å²) in [5.41, 5.74) is 9.78. The van der Waals surface area contributed by atoms with Gasteiger partial charge < -0.3 is 20.9 Å². The van der Waals surface area contributed by atoms with Gasteiger partial charge in [0, 0.05) is 30.3 Å². The van der Waals surface area contributed by atoms with Crippen LogP contribution in [0.5, 0.6) is 5.88 Å². The molecule has 3 aromatic rings. The number of pyridine rings is 1. The van der Waals surface area contributed by atoms with Crippen LogP contribution in [0.1, 0.15) is 43.3 Å². The predicted octanol–water partition coefficient (Wildman–Crippen LogP) is 2.50. The van der Waals surface area contributed by atoms with Crippen LogP contribution in [0.25, 0.3) is 5.65 Å². The number of fused-ring (bicyclic) bond motifs is 1. The zero-order chi connectivity index (χ0) is 22.1. The van der Waals surface area contributed by atoms with Crippen LogP contribution in [-0.2, 0) is 12.8 Å². The van der Waals surface area contributed by atoms with Gasteiger partial charge in [-0.3, -0.25) is 0 Å². The first-order valence-electron chi connectivity index (χ1n) is 10.1. The Kier molecular flexibility index (Phi) is 8.38. The fourth-order valence-electron chi connectivity index (χ4n) is 3.01. The van der Waals surface area contributed by atoms with E-state index in [0.717, 1.165) is 23.4 Å². The van der Waals surface area contributed by atoms with Crippen molar-refractivity contribution in [3.8, 4) is 11.9 Å². The minimum atomic E-state index is -0.0617. The molecular formula is C21H29N7O2. The zero-order valence-corrected chi connectivity index (χ0v) is 17.9. The number of anilines is 2. The number of hydrogen-bond acceptors (Lipinski definition) is 8. The smallest absolute Gasteiger partial charge is 0.213 e. The Hall–Kier alpha value is -3.38. The largest absolute Gasteiger partial charge is 0.475 e. The van der Waals surface area contributed by atoms with Crippen LogP contribution in [0.15, 0.2) is 18.2 Å². The number of aryl methyl sites for hydroxylation is 2. The van der Waals surface area contributed by atoms with Gasteiger partial charge in [-0.05, 0) is 19.4 Å². The number of nitrogen functional groups attached to an aromatic ring is 1. The molecule has 0 saturated carbocycles. The van der Waals surface area contributed by atoms with E-state index in [0.29, 0.717) is 30.3 Å². The molecule has 9 heteroatoms. The van der Waals surface area contributed by atoms with E-state index in [2.05, 4.69) is 26.5 Å².